The van der Waals surface area contributed by atoms with E-state index in [0.717, 1.165) is 4.57 Å². The van der Waals surface area contributed by atoms with Gasteiger partial charge in [0.05, 0.1) is 6.85 Å². The van der Waals surface area contributed by atoms with E-state index in [1.807, 2.05) is 6.92 Å². The van der Waals surface area contributed by atoms with E-state index in [1.165, 1.54) is 6.07 Å². The van der Waals surface area contributed by atoms with E-state index < -0.39 is 35.4 Å². The number of nitrogens with zero attached hydrogens (tertiary/aromatic N) is 1. The quantitative estimate of drug-likeness (QED) is 0.890. The van der Waals surface area contributed by atoms with Crippen LogP contribution in [0.2, 0.25) is 0 Å². The molecule has 2 atom stereocenters. The van der Waals surface area contributed by atoms with Gasteiger partial charge in [0.1, 0.15) is 5.82 Å². The van der Waals surface area contributed by atoms with E-state index in [1.54, 1.807) is 13.8 Å². The fraction of sp³-hybridized carbons (Fsp3) is 0.375. The minimum atomic E-state index is -0.724. The molecule has 0 aliphatic rings. The van der Waals surface area contributed by atoms with E-state index >= 15 is 0 Å². The molecule has 1 unspecified atom stereocenters. The summed E-state index contributed by atoms with van der Waals surface area (Å²) in [7, 11) is 0. The van der Waals surface area contributed by atoms with Crippen molar-refractivity contribution >= 4 is 5.82 Å². The van der Waals surface area contributed by atoms with E-state index in [-0.39, 0.29) is 29.5 Å². The predicted molar refractivity (Wildman–Crippen MR) is 84.8 cm³/mol. The first-order valence-electron chi connectivity index (χ1n) is 9.29. The average molecular weight is 292 g/mol. The molecule has 1 aromatic carbocycles. The summed E-state index contributed by atoms with van der Waals surface area (Å²) in [5.74, 6) is 0.124. The van der Waals surface area contributed by atoms with Crippen molar-refractivity contribution in [1.82, 2.24) is 9.55 Å². The Labute approximate surface area is 130 Å². The average Bonchev–Trinajstić information content (AvgIpc) is 2.57. The number of aromatic amines is 1. The summed E-state index contributed by atoms with van der Waals surface area (Å²) in [6.45, 7) is 5.22. The van der Waals surface area contributed by atoms with Crippen LogP contribution in [0.1, 0.15) is 51.7 Å². The fourth-order valence-electron chi connectivity index (χ4n) is 1.96. The van der Waals surface area contributed by atoms with Gasteiger partial charge in [0.15, 0.2) is 0 Å². The van der Waals surface area contributed by atoms with Gasteiger partial charge < -0.3 is 5.32 Å². The minimum Gasteiger partial charge on any atom is -0.365 e. The molecule has 5 heteroatoms. The van der Waals surface area contributed by atoms with Crippen LogP contribution in [0.5, 0.6) is 0 Å². The first kappa shape index (κ1) is 9.60. The van der Waals surface area contributed by atoms with Crippen LogP contribution in [0.15, 0.2) is 45.9 Å². The summed E-state index contributed by atoms with van der Waals surface area (Å²) in [4.78, 5) is 26.9. The number of hydrogen-bond donors (Lipinski definition) is 2. The molecule has 0 amide bonds. The molecule has 1 aromatic heterocycles. The van der Waals surface area contributed by atoms with E-state index in [9.17, 15) is 9.59 Å². The van der Waals surface area contributed by atoms with Gasteiger partial charge in [-0.05, 0) is 25.8 Å². The molecule has 2 aromatic rings. The lowest BCUT2D eigenvalue weighted by Crippen LogP contribution is -2.37. The topological polar surface area (TPSA) is 66.9 Å². The lowest BCUT2D eigenvalue weighted by atomic mass is 10.1. The molecule has 112 valence electrons. The largest absolute Gasteiger partial charge is 0.365 e. The molecule has 0 spiro atoms. The number of aromatic nitrogens is 2. The van der Waals surface area contributed by atoms with Crippen molar-refractivity contribution in [2.75, 3.05) is 5.32 Å². The number of nitrogens with one attached hydrogen (secondary N) is 2. The fourth-order valence-corrected chi connectivity index (χ4v) is 1.96. The summed E-state index contributed by atoms with van der Waals surface area (Å²) >= 11 is 0. The number of H-pyrrole nitrogens is 1. The zero-order valence-corrected chi connectivity index (χ0v) is 12.2. The third kappa shape index (κ3) is 3.42. The highest BCUT2D eigenvalue weighted by atomic mass is 16.2. The highest BCUT2D eigenvalue weighted by Crippen LogP contribution is 2.16. The van der Waals surface area contributed by atoms with Crippen molar-refractivity contribution in [1.29, 1.82) is 0 Å². The Kier molecular flexibility index (Phi) is 2.94. The molecular weight excluding hydrogens is 266 g/mol. The molecule has 5 nitrogen and oxygen atoms in total. The van der Waals surface area contributed by atoms with Crippen molar-refractivity contribution in [2.45, 2.75) is 39.3 Å². The Morgan fingerprint density at radius 2 is 1.95 bits per heavy atom. The second kappa shape index (κ2) is 6.43. The van der Waals surface area contributed by atoms with Crippen molar-refractivity contribution in [2.24, 2.45) is 0 Å². The molecule has 0 radical (unpaired) electrons. The Bertz CT molecular complexity index is 894. The summed E-state index contributed by atoms with van der Waals surface area (Å²) in [5, 5.41) is 2.84. The summed E-state index contributed by atoms with van der Waals surface area (Å²) in [6.07, 6.45) is 0.620. The van der Waals surface area contributed by atoms with Crippen LogP contribution in [0.25, 0.3) is 0 Å². The van der Waals surface area contributed by atoms with Crippen LogP contribution in [-0.4, -0.2) is 9.55 Å². The smallest absolute Gasteiger partial charge is 0.330 e. The van der Waals surface area contributed by atoms with Crippen molar-refractivity contribution in [3.63, 3.8) is 0 Å². The van der Waals surface area contributed by atoms with E-state index in [2.05, 4.69) is 10.3 Å². The molecule has 0 saturated heterocycles. The van der Waals surface area contributed by atoms with Crippen LogP contribution < -0.4 is 16.6 Å². The number of benzene rings is 1. The van der Waals surface area contributed by atoms with Crippen LogP contribution in [0.3, 0.4) is 0 Å². The predicted octanol–water partition coefficient (Wildman–Crippen LogP) is 2.68. The molecule has 0 aliphatic carbocycles. The molecule has 0 fully saturated rings. The zero-order valence-electron chi connectivity index (χ0n) is 17.2. The van der Waals surface area contributed by atoms with Crippen molar-refractivity contribution < 1.29 is 6.85 Å². The maximum atomic E-state index is 12.2. The zero-order chi connectivity index (χ0) is 19.8. The van der Waals surface area contributed by atoms with Gasteiger partial charge in [-0.1, -0.05) is 37.1 Å². The van der Waals surface area contributed by atoms with E-state index in [4.69, 9.17) is 6.85 Å². The summed E-state index contributed by atoms with van der Waals surface area (Å²) < 4.78 is 40.2. The highest BCUT2D eigenvalue weighted by Gasteiger charge is 2.11. The maximum Gasteiger partial charge on any atom is 0.330 e. The van der Waals surface area contributed by atoms with E-state index in [0.29, 0.717) is 6.42 Å². The highest BCUT2D eigenvalue weighted by molar-refractivity contribution is 5.36. The van der Waals surface area contributed by atoms with Gasteiger partial charge in [0.25, 0.3) is 5.56 Å². The maximum absolute atomic E-state index is 12.2. The minimum absolute atomic E-state index is 0.0583. The van der Waals surface area contributed by atoms with Crippen LogP contribution in [0, 0.1) is 0 Å². The molecule has 0 saturated carbocycles. The van der Waals surface area contributed by atoms with Gasteiger partial charge >= 0.3 is 5.69 Å². The van der Waals surface area contributed by atoms with Crippen LogP contribution >= 0.6 is 0 Å². The standard InChI is InChI=1S/C16H21N3O2/c1-4-11(2)19-15(20)10-14(18-16(19)21)17-12(3)13-8-6-5-7-9-13/h5-12,17H,4H2,1-3H3,(H,18,21)/t11?,12-/m0/s1/i5D,6D,7D,8D,9D. The molecule has 0 aliphatic heterocycles. The molecule has 0 bridgehead atoms. The normalized spacial score (nSPS) is 17.0. The third-order valence-corrected chi connectivity index (χ3v) is 3.32. The Hall–Kier alpha value is -2.30. The number of hydrogen-bond acceptors (Lipinski definition) is 3. The summed E-state index contributed by atoms with van der Waals surface area (Å²) in [6, 6.07) is -1.75. The van der Waals surface area contributed by atoms with Crippen LogP contribution in [0.4, 0.5) is 5.82 Å². The third-order valence-electron chi connectivity index (χ3n) is 3.32. The van der Waals surface area contributed by atoms with Crippen molar-refractivity contribution in [3.05, 3.63) is 62.7 Å². The monoisotopic (exact) mass is 292 g/mol. The number of anilines is 1. The molecule has 21 heavy (non-hydrogen) atoms. The van der Waals surface area contributed by atoms with Gasteiger partial charge in [0, 0.05) is 18.2 Å². The molecular formula is C16H21N3O2. The van der Waals surface area contributed by atoms with Gasteiger partial charge in [-0.15, -0.1) is 0 Å². The first-order valence-corrected chi connectivity index (χ1v) is 6.79. The van der Waals surface area contributed by atoms with Gasteiger partial charge in [-0.25, -0.2) is 4.79 Å². The molecule has 2 N–H and O–H groups in total. The molecule has 2 rings (SSSR count). The SMILES string of the molecule is [2H]c1c([2H])c([2H])c([C@H](C)Nc2cc(=O)n(C(C)CC)c(=O)[nH]2)c([2H])c1[2H]. The number of rotatable bonds is 5. The second-order valence-corrected chi connectivity index (χ2v) is 4.86. The Balaban J connectivity index is 2.45. The Morgan fingerprint density at radius 1 is 1.29 bits per heavy atom. The Morgan fingerprint density at radius 3 is 2.52 bits per heavy atom. The lowest BCUT2D eigenvalue weighted by molar-refractivity contribution is 0.490. The lowest BCUT2D eigenvalue weighted by Gasteiger charge is -2.17. The van der Waals surface area contributed by atoms with Gasteiger partial charge in [-0.3, -0.25) is 14.3 Å². The van der Waals surface area contributed by atoms with Gasteiger partial charge in [-0.2, -0.15) is 0 Å². The van der Waals surface area contributed by atoms with Crippen molar-refractivity contribution in [3.8, 4) is 0 Å². The van der Waals surface area contributed by atoms with Crippen LogP contribution in [-0.2, 0) is 0 Å². The summed E-state index contributed by atoms with van der Waals surface area (Å²) in [5.41, 5.74) is -0.982. The second-order valence-electron chi connectivity index (χ2n) is 4.86. The molecule has 1 heterocycles. The first-order chi connectivity index (χ1) is 12.1. The van der Waals surface area contributed by atoms with Gasteiger partial charge in [0.2, 0.25) is 0 Å².